The number of hydrogen-bond donors (Lipinski definition) is 3. The quantitative estimate of drug-likeness (QED) is 0.530. The van der Waals surface area contributed by atoms with Gasteiger partial charge in [0, 0.05) is 23.5 Å². The van der Waals surface area contributed by atoms with Gasteiger partial charge in [-0.1, -0.05) is 13.3 Å². The molecule has 2 amide bonds. The molecule has 29 heavy (non-hydrogen) atoms. The molecule has 0 unspecified atom stereocenters. The minimum absolute atomic E-state index is 0.229. The smallest absolute Gasteiger partial charge is 0.324 e. The molecule has 0 saturated carbocycles. The van der Waals surface area contributed by atoms with Crippen molar-refractivity contribution < 1.29 is 9.53 Å². The second kappa shape index (κ2) is 9.05. The van der Waals surface area contributed by atoms with E-state index in [1.165, 1.54) is 10.7 Å². The summed E-state index contributed by atoms with van der Waals surface area (Å²) < 4.78 is 7.00. The van der Waals surface area contributed by atoms with Gasteiger partial charge in [-0.15, -0.1) is 0 Å². The van der Waals surface area contributed by atoms with Crippen LogP contribution in [0, 0.1) is 13.8 Å². The summed E-state index contributed by atoms with van der Waals surface area (Å²) in [6.07, 6.45) is 2.07. The maximum absolute atomic E-state index is 12.4. The number of aromatic nitrogens is 4. The Balaban J connectivity index is 1.69. The normalized spacial score (nSPS) is 10.6. The van der Waals surface area contributed by atoms with E-state index in [0.29, 0.717) is 29.5 Å². The molecule has 3 rings (SSSR count). The lowest BCUT2D eigenvalue weighted by molar-refractivity contribution is 0.262. The summed E-state index contributed by atoms with van der Waals surface area (Å²) in [4.78, 5) is 31.0. The number of H-pyrrole nitrogens is 1. The number of nitrogens with zero attached hydrogens (tertiary/aromatic N) is 3. The van der Waals surface area contributed by atoms with Gasteiger partial charge in [0.1, 0.15) is 11.6 Å². The number of carbonyl (C=O) groups is 1. The molecule has 0 radical (unpaired) electrons. The van der Waals surface area contributed by atoms with Gasteiger partial charge >= 0.3 is 6.03 Å². The zero-order valence-corrected chi connectivity index (χ0v) is 16.7. The second-order valence-corrected chi connectivity index (χ2v) is 6.60. The minimum Gasteiger partial charge on any atom is -0.494 e. The van der Waals surface area contributed by atoms with Crippen molar-refractivity contribution in [3.05, 3.63) is 58.1 Å². The van der Waals surface area contributed by atoms with Gasteiger partial charge < -0.3 is 10.1 Å². The maximum Gasteiger partial charge on any atom is 0.324 e. The molecule has 9 heteroatoms. The standard InChI is InChI=1S/C20H24N6O3/c1-4-5-10-29-16-8-6-15(7-9-16)22-20(28)23-17-11-14(3)25-26(17)19-21-13(2)12-18(27)24-19/h6-9,11-12H,4-5,10H2,1-3H3,(H,21,24,27)(H2,22,23,28). The number of carbonyl (C=O) groups excluding carboxylic acids is 1. The van der Waals surface area contributed by atoms with Crippen LogP contribution >= 0.6 is 0 Å². The Morgan fingerprint density at radius 3 is 2.59 bits per heavy atom. The van der Waals surface area contributed by atoms with Crippen molar-refractivity contribution in [2.24, 2.45) is 0 Å². The number of ether oxygens (including phenoxy) is 1. The highest BCUT2D eigenvalue weighted by Crippen LogP contribution is 2.18. The summed E-state index contributed by atoms with van der Waals surface area (Å²) in [6.45, 7) is 6.27. The number of hydrogen-bond acceptors (Lipinski definition) is 5. The van der Waals surface area contributed by atoms with E-state index < -0.39 is 6.03 Å². The van der Waals surface area contributed by atoms with E-state index in [4.69, 9.17) is 4.74 Å². The van der Waals surface area contributed by atoms with Crippen LogP contribution in [0.3, 0.4) is 0 Å². The highest BCUT2D eigenvalue weighted by Gasteiger charge is 2.13. The topological polar surface area (TPSA) is 114 Å². The average molecular weight is 396 g/mol. The number of amides is 2. The molecule has 3 N–H and O–H groups in total. The van der Waals surface area contributed by atoms with E-state index in [2.05, 4.69) is 32.6 Å². The Morgan fingerprint density at radius 1 is 1.14 bits per heavy atom. The molecule has 3 aromatic rings. The van der Waals surface area contributed by atoms with Crippen LogP contribution in [0.25, 0.3) is 5.95 Å². The predicted molar refractivity (Wildman–Crippen MR) is 111 cm³/mol. The number of aryl methyl sites for hydroxylation is 2. The molecule has 152 valence electrons. The summed E-state index contributed by atoms with van der Waals surface area (Å²) in [5.41, 5.74) is 1.54. The lowest BCUT2D eigenvalue weighted by atomic mass is 10.3. The first-order valence-electron chi connectivity index (χ1n) is 9.40. The molecule has 0 bridgehead atoms. The first kappa shape index (κ1) is 20.1. The fourth-order valence-electron chi connectivity index (χ4n) is 2.66. The van der Waals surface area contributed by atoms with Gasteiger partial charge in [0.2, 0.25) is 5.95 Å². The van der Waals surface area contributed by atoms with Crippen molar-refractivity contribution in [3.63, 3.8) is 0 Å². The molecule has 0 aliphatic rings. The first-order chi connectivity index (χ1) is 13.9. The molecule has 1 aromatic carbocycles. The van der Waals surface area contributed by atoms with E-state index in [9.17, 15) is 9.59 Å². The Bertz CT molecular complexity index is 1040. The molecule has 0 spiro atoms. The van der Waals surface area contributed by atoms with Crippen LogP contribution < -0.4 is 20.9 Å². The molecule has 0 aliphatic carbocycles. The van der Waals surface area contributed by atoms with Crippen molar-refractivity contribution in [1.82, 2.24) is 19.7 Å². The highest BCUT2D eigenvalue weighted by atomic mass is 16.5. The van der Waals surface area contributed by atoms with E-state index in [1.807, 2.05) is 0 Å². The molecule has 9 nitrogen and oxygen atoms in total. The molecular weight excluding hydrogens is 372 g/mol. The third kappa shape index (κ3) is 5.44. The molecule has 2 heterocycles. The highest BCUT2D eigenvalue weighted by molar-refractivity contribution is 5.99. The van der Waals surface area contributed by atoms with Crippen LogP contribution in [-0.2, 0) is 0 Å². The SMILES string of the molecule is CCCCOc1ccc(NC(=O)Nc2cc(C)nn2-c2nc(C)cc(=O)[nH]2)cc1. The van der Waals surface area contributed by atoms with Gasteiger partial charge in [0.15, 0.2) is 0 Å². The Labute approximate surface area is 168 Å². The number of rotatable bonds is 7. The van der Waals surface area contributed by atoms with Crippen molar-refractivity contribution in [2.45, 2.75) is 33.6 Å². The van der Waals surface area contributed by atoms with Crippen molar-refractivity contribution in [2.75, 3.05) is 17.2 Å². The summed E-state index contributed by atoms with van der Waals surface area (Å²) in [7, 11) is 0. The number of anilines is 2. The zero-order chi connectivity index (χ0) is 20.8. The second-order valence-electron chi connectivity index (χ2n) is 6.60. The largest absolute Gasteiger partial charge is 0.494 e. The summed E-state index contributed by atoms with van der Waals surface area (Å²) in [5.74, 6) is 1.37. The molecule has 0 fully saturated rings. The van der Waals surface area contributed by atoms with Gasteiger partial charge in [-0.3, -0.25) is 15.1 Å². The van der Waals surface area contributed by atoms with Crippen LogP contribution in [0.1, 0.15) is 31.2 Å². The van der Waals surface area contributed by atoms with Gasteiger partial charge in [-0.25, -0.2) is 9.78 Å². The van der Waals surface area contributed by atoms with Gasteiger partial charge in [-0.05, 0) is 44.5 Å². The third-order valence-corrected chi connectivity index (χ3v) is 4.01. The van der Waals surface area contributed by atoms with Crippen LogP contribution in [-0.4, -0.2) is 32.4 Å². The van der Waals surface area contributed by atoms with Crippen LogP contribution in [0.4, 0.5) is 16.3 Å². The van der Waals surface area contributed by atoms with Crippen LogP contribution in [0.15, 0.2) is 41.2 Å². The van der Waals surface area contributed by atoms with Gasteiger partial charge in [0.25, 0.3) is 5.56 Å². The molecule has 0 atom stereocenters. The monoisotopic (exact) mass is 396 g/mol. The average Bonchev–Trinajstić information content (AvgIpc) is 3.02. The maximum atomic E-state index is 12.4. The van der Waals surface area contributed by atoms with Gasteiger partial charge in [0.05, 0.1) is 12.3 Å². The van der Waals surface area contributed by atoms with Crippen LogP contribution in [0.5, 0.6) is 5.75 Å². The van der Waals surface area contributed by atoms with Crippen LogP contribution in [0.2, 0.25) is 0 Å². The number of unbranched alkanes of at least 4 members (excludes halogenated alkanes) is 1. The number of benzene rings is 1. The molecule has 0 saturated heterocycles. The molecule has 2 aromatic heterocycles. The van der Waals surface area contributed by atoms with Crippen molar-refractivity contribution in [3.8, 4) is 11.7 Å². The van der Waals surface area contributed by atoms with Crippen molar-refractivity contribution >= 4 is 17.5 Å². The predicted octanol–water partition coefficient (Wildman–Crippen LogP) is 3.40. The lowest BCUT2D eigenvalue weighted by Gasteiger charge is -2.10. The Morgan fingerprint density at radius 2 is 1.90 bits per heavy atom. The van der Waals surface area contributed by atoms with E-state index in [1.54, 1.807) is 44.2 Å². The Kier molecular flexibility index (Phi) is 6.28. The third-order valence-electron chi connectivity index (χ3n) is 4.01. The minimum atomic E-state index is -0.444. The lowest BCUT2D eigenvalue weighted by Crippen LogP contribution is -2.22. The molecular formula is C20H24N6O3. The number of urea groups is 1. The van der Waals surface area contributed by atoms with E-state index >= 15 is 0 Å². The number of aromatic amines is 1. The molecule has 0 aliphatic heterocycles. The first-order valence-corrected chi connectivity index (χ1v) is 9.40. The summed E-state index contributed by atoms with van der Waals surface area (Å²) >= 11 is 0. The zero-order valence-electron chi connectivity index (χ0n) is 16.7. The van der Waals surface area contributed by atoms with E-state index in [0.717, 1.165) is 18.6 Å². The van der Waals surface area contributed by atoms with Crippen molar-refractivity contribution in [1.29, 1.82) is 0 Å². The van der Waals surface area contributed by atoms with Gasteiger partial charge in [-0.2, -0.15) is 9.78 Å². The number of nitrogens with one attached hydrogen (secondary N) is 3. The fourth-order valence-corrected chi connectivity index (χ4v) is 2.66. The van der Waals surface area contributed by atoms with E-state index in [-0.39, 0.29) is 11.5 Å². The fraction of sp³-hybridized carbons (Fsp3) is 0.300. The summed E-state index contributed by atoms with van der Waals surface area (Å²) in [6, 6.07) is 9.77. The summed E-state index contributed by atoms with van der Waals surface area (Å²) in [5, 5.41) is 9.78. The Hall–Kier alpha value is -3.62.